The van der Waals surface area contributed by atoms with E-state index < -0.39 is 6.10 Å². The molecule has 0 saturated heterocycles. The van der Waals surface area contributed by atoms with E-state index in [1.54, 1.807) is 12.1 Å². The molecule has 1 N–H and O–H groups in total. The molecule has 2 aromatic rings. The maximum atomic E-state index is 12.9. The highest BCUT2D eigenvalue weighted by Crippen LogP contribution is 2.14. The van der Waals surface area contributed by atoms with Crippen molar-refractivity contribution in [3.8, 4) is 11.4 Å². The van der Waals surface area contributed by atoms with Crippen molar-refractivity contribution in [3.63, 3.8) is 0 Å². The second-order valence-electron chi connectivity index (χ2n) is 3.27. The Labute approximate surface area is 91.0 Å². The van der Waals surface area contributed by atoms with Crippen molar-refractivity contribution in [2.24, 2.45) is 0 Å². The summed E-state index contributed by atoms with van der Waals surface area (Å²) in [4.78, 5) is 0. The number of hydrogen-bond donors (Lipinski definition) is 1. The molecular weight excluding hydrogens is 211 g/mol. The first-order chi connectivity index (χ1) is 7.66. The molecule has 0 fully saturated rings. The average Bonchev–Trinajstić information content (AvgIpc) is 2.29. The van der Waals surface area contributed by atoms with Gasteiger partial charge < -0.3 is 5.11 Å². The summed E-state index contributed by atoms with van der Waals surface area (Å²) in [5, 5.41) is 24.1. The predicted molar refractivity (Wildman–Crippen MR) is 53.6 cm³/mol. The van der Waals surface area contributed by atoms with Gasteiger partial charge in [-0.25, -0.2) is 4.39 Å². The monoisotopic (exact) mass is 220 g/mol. The number of hydrogen-bond acceptors (Lipinski definition) is 5. The molecule has 6 heteroatoms. The Balaban J connectivity index is 2.35. The molecule has 1 aromatic carbocycles. The molecule has 5 nitrogen and oxygen atoms in total. The van der Waals surface area contributed by atoms with Crippen molar-refractivity contribution in [1.29, 1.82) is 0 Å². The SMILES string of the molecule is CC(O)c1nnc(-c2cccc(F)c2)nn1. The summed E-state index contributed by atoms with van der Waals surface area (Å²) in [6, 6.07) is 5.83. The van der Waals surface area contributed by atoms with E-state index in [2.05, 4.69) is 20.4 Å². The zero-order chi connectivity index (χ0) is 11.5. The Morgan fingerprint density at radius 1 is 1.19 bits per heavy atom. The number of aliphatic hydroxyl groups excluding tert-OH is 1. The maximum Gasteiger partial charge on any atom is 0.203 e. The van der Waals surface area contributed by atoms with E-state index in [9.17, 15) is 4.39 Å². The molecule has 0 aliphatic carbocycles. The first-order valence-electron chi connectivity index (χ1n) is 4.68. The molecule has 0 bridgehead atoms. The fourth-order valence-corrected chi connectivity index (χ4v) is 1.15. The van der Waals surface area contributed by atoms with Crippen LogP contribution in [0.3, 0.4) is 0 Å². The Hall–Kier alpha value is -1.95. The Kier molecular flexibility index (Phi) is 2.82. The second-order valence-corrected chi connectivity index (χ2v) is 3.27. The van der Waals surface area contributed by atoms with Crippen LogP contribution >= 0.6 is 0 Å². The fraction of sp³-hybridized carbons (Fsp3) is 0.200. The van der Waals surface area contributed by atoms with E-state index in [0.717, 1.165) is 0 Å². The predicted octanol–water partition coefficient (Wildman–Crippen LogP) is 1.13. The van der Waals surface area contributed by atoms with Crippen LogP contribution in [-0.4, -0.2) is 25.5 Å². The third kappa shape index (κ3) is 2.17. The van der Waals surface area contributed by atoms with Crippen LogP contribution < -0.4 is 0 Å². The molecule has 0 aliphatic heterocycles. The number of aliphatic hydroxyl groups is 1. The lowest BCUT2D eigenvalue weighted by Gasteiger charge is -2.01. The Morgan fingerprint density at radius 3 is 2.44 bits per heavy atom. The summed E-state index contributed by atoms with van der Waals surface area (Å²) in [5.41, 5.74) is 0.497. The summed E-state index contributed by atoms with van der Waals surface area (Å²) < 4.78 is 12.9. The standard InChI is InChI=1S/C10H9FN4O/c1-6(16)9-12-14-10(15-13-9)7-3-2-4-8(11)5-7/h2-6,16H,1H3. The van der Waals surface area contributed by atoms with Gasteiger partial charge in [0, 0.05) is 5.56 Å². The highest BCUT2D eigenvalue weighted by Gasteiger charge is 2.08. The van der Waals surface area contributed by atoms with Gasteiger partial charge in [-0.3, -0.25) is 0 Å². The number of nitrogens with zero attached hydrogens (tertiary/aromatic N) is 4. The zero-order valence-electron chi connectivity index (χ0n) is 8.50. The van der Waals surface area contributed by atoms with Gasteiger partial charge in [-0.1, -0.05) is 12.1 Å². The van der Waals surface area contributed by atoms with Gasteiger partial charge in [-0.2, -0.15) is 0 Å². The first kappa shape index (κ1) is 10.6. The van der Waals surface area contributed by atoms with Crippen LogP contribution in [0.25, 0.3) is 11.4 Å². The fourth-order valence-electron chi connectivity index (χ4n) is 1.15. The largest absolute Gasteiger partial charge is 0.385 e. The molecule has 0 aliphatic rings. The summed E-state index contributed by atoms with van der Waals surface area (Å²) >= 11 is 0. The lowest BCUT2D eigenvalue weighted by molar-refractivity contribution is 0.185. The molecule has 1 atom stereocenters. The van der Waals surface area contributed by atoms with E-state index >= 15 is 0 Å². The van der Waals surface area contributed by atoms with Gasteiger partial charge in [0.15, 0.2) is 0 Å². The van der Waals surface area contributed by atoms with E-state index in [1.165, 1.54) is 19.1 Å². The molecule has 1 aromatic heterocycles. The van der Waals surface area contributed by atoms with E-state index in [1.807, 2.05) is 0 Å². The highest BCUT2D eigenvalue weighted by atomic mass is 19.1. The first-order valence-corrected chi connectivity index (χ1v) is 4.68. The molecule has 2 rings (SSSR count). The molecule has 0 amide bonds. The van der Waals surface area contributed by atoms with Crippen LogP contribution in [0, 0.1) is 5.82 Å². The normalized spacial score (nSPS) is 12.4. The van der Waals surface area contributed by atoms with Gasteiger partial charge >= 0.3 is 0 Å². The van der Waals surface area contributed by atoms with Crippen molar-refractivity contribution in [3.05, 3.63) is 35.9 Å². The summed E-state index contributed by atoms with van der Waals surface area (Å²) in [5.74, 6) is -0.00949. The van der Waals surface area contributed by atoms with E-state index in [0.29, 0.717) is 5.56 Å². The van der Waals surface area contributed by atoms with Crippen LogP contribution in [0.4, 0.5) is 4.39 Å². The quantitative estimate of drug-likeness (QED) is 0.821. The van der Waals surface area contributed by atoms with Gasteiger partial charge in [0.2, 0.25) is 11.6 Å². The molecular formula is C10H9FN4O. The second kappa shape index (κ2) is 4.28. The summed E-state index contributed by atoms with van der Waals surface area (Å²) in [6.45, 7) is 1.51. The molecule has 0 saturated carbocycles. The maximum absolute atomic E-state index is 12.9. The van der Waals surface area contributed by atoms with Crippen LogP contribution in [0.5, 0.6) is 0 Å². The third-order valence-corrected chi connectivity index (χ3v) is 1.95. The third-order valence-electron chi connectivity index (χ3n) is 1.95. The molecule has 1 heterocycles. The number of aromatic nitrogens is 4. The van der Waals surface area contributed by atoms with Crippen molar-refractivity contribution in [2.75, 3.05) is 0 Å². The van der Waals surface area contributed by atoms with Crippen molar-refractivity contribution >= 4 is 0 Å². The smallest absolute Gasteiger partial charge is 0.203 e. The lowest BCUT2D eigenvalue weighted by Crippen LogP contribution is -2.05. The van der Waals surface area contributed by atoms with Crippen molar-refractivity contribution < 1.29 is 9.50 Å². The van der Waals surface area contributed by atoms with E-state index in [4.69, 9.17) is 5.11 Å². The number of rotatable bonds is 2. The molecule has 0 radical (unpaired) electrons. The van der Waals surface area contributed by atoms with Crippen LogP contribution in [0.15, 0.2) is 24.3 Å². The Bertz CT molecular complexity index is 486. The van der Waals surface area contributed by atoms with Crippen LogP contribution in [0.1, 0.15) is 18.9 Å². The van der Waals surface area contributed by atoms with E-state index in [-0.39, 0.29) is 17.5 Å². The molecule has 0 spiro atoms. The molecule has 82 valence electrons. The van der Waals surface area contributed by atoms with Gasteiger partial charge in [0.25, 0.3) is 0 Å². The minimum absolute atomic E-state index is 0.139. The minimum Gasteiger partial charge on any atom is -0.385 e. The topological polar surface area (TPSA) is 71.8 Å². The Morgan fingerprint density at radius 2 is 1.88 bits per heavy atom. The molecule has 16 heavy (non-hydrogen) atoms. The van der Waals surface area contributed by atoms with Gasteiger partial charge in [-0.15, -0.1) is 20.4 Å². The highest BCUT2D eigenvalue weighted by molar-refractivity contribution is 5.53. The number of halogens is 1. The molecule has 1 unspecified atom stereocenters. The van der Waals surface area contributed by atoms with Crippen LogP contribution in [0.2, 0.25) is 0 Å². The minimum atomic E-state index is -0.818. The van der Waals surface area contributed by atoms with Crippen molar-refractivity contribution in [2.45, 2.75) is 13.0 Å². The van der Waals surface area contributed by atoms with Gasteiger partial charge in [0.1, 0.15) is 11.9 Å². The van der Waals surface area contributed by atoms with Crippen LogP contribution in [-0.2, 0) is 0 Å². The lowest BCUT2D eigenvalue weighted by atomic mass is 10.2. The summed E-state index contributed by atoms with van der Waals surface area (Å²) in [7, 11) is 0. The van der Waals surface area contributed by atoms with Gasteiger partial charge in [0.05, 0.1) is 0 Å². The average molecular weight is 220 g/mol. The zero-order valence-corrected chi connectivity index (χ0v) is 8.50. The van der Waals surface area contributed by atoms with Crippen molar-refractivity contribution in [1.82, 2.24) is 20.4 Å². The van der Waals surface area contributed by atoms with Gasteiger partial charge in [-0.05, 0) is 19.1 Å². The summed E-state index contributed by atoms with van der Waals surface area (Å²) in [6.07, 6.45) is -0.818. The number of benzene rings is 1.